The zero-order valence-corrected chi connectivity index (χ0v) is 15.9. The van der Waals surface area contributed by atoms with Crippen LogP contribution in [0.1, 0.15) is 55.4 Å². The van der Waals surface area contributed by atoms with Gasteiger partial charge in [0.25, 0.3) is 0 Å². The first-order valence-corrected chi connectivity index (χ1v) is 8.94. The Morgan fingerprint density at radius 3 is 2.24 bits per heavy atom. The molecule has 0 radical (unpaired) electrons. The van der Waals surface area contributed by atoms with Gasteiger partial charge in [0.1, 0.15) is 5.60 Å². The molecule has 0 spiro atoms. The van der Waals surface area contributed by atoms with Gasteiger partial charge in [-0.25, -0.2) is 4.79 Å². The summed E-state index contributed by atoms with van der Waals surface area (Å²) in [4.78, 5) is 14.1. The van der Waals surface area contributed by atoms with Gasteiger partial charge in [0, 0.05) is 30.4 Å². The molecule has 0 aliphatic heterocycles. The number of carbonyl (C=O) groups is 1. The lowest BCUT2D eigenvalue weighted by Crippen LogP contribution is -2.51. The molecule has 0 saturated heterocycles. The van der Waals surface area contributed by atoms with E-state index in [9.17, 15) is 4.79 Å². The van der Waals surface area contributed by atoms with Crippen molar-refractivity contribution in [2.24, 2.45) is 0 Å². The fourth-order valence-corrected chi connectivity index (χ4v) is 2.50. The quantitative estimate of drug-likeness (QED) is 0.776. The van der Waals surface area contributed by atoms with Crippen molar-refractivity contribution < 1.29 is 9.53 Å². The Morgan fingerprint density at radius 1 is 1.24 bits per heavy atom. The third-order valence-corrected chi connectivity index (χ3v) is 3.97. The molecule has 1 unspecified atom stereocenters. The summed E-state index contributed by atoms with van der Waals surface area (Å²) < 4.78 is 5.50. The summed E-state index contributed by atoms with van der Waals surface area (Å²) in [5, 5.41) is 3.47. The van der Waals surface area contributed by atoms with E-state index in [0.717, 1.165) is 18.1 Å². The normalized spacial score (nSPS) is 13.9. The van der Waals surface area contributed by atoms with E-state index in [1.807, 2.05) is 53.3 Å². The van der Waals surface area contributed by atoms with Crippen LogP contribution in [0.4, 0.5) is 4.79 Å². The second-order valence-electron chi connectivity index (χ2n) is 7.32. The summed E-state index contributed by atoms with van der Waals surface area (Å²) in [6.07, 6.45) is -0.243. The molecule has 21 heavy (non-hydrogen) atoms. The summed E-state index contributed by atoms with van der Waals surface area (Å²) in [7, 11) is 0. The van der Waals surface area contributed by atoms with Crippen molar-refractivity contribution in [1.82, 2.24) is 10.2 Å². The van der Waals surface area contributed by atoms with E-state index in [4.69, 9.17) is 4.74 Å². The Labute approximate surface area is 135 Å². The van der Waals surface area contributed by atoms with Gasteiger partial charge in [-0.05, 0) is 54.2 Å². The summed E-state index contributed by atoms with van der Waals surface area (Å²) in [6.45, 7) is 17.6. The van der Waals surface area contributed by atoms with Gasteiger partial charge in [0.2, 0.25) is 0 Å². The molecule has 0 aromatic rings. The highest BCUT2D eigenvalue weighted by Crippen LogP contribution is 2.18. The van der Waals surface area contributed by atoms with Crippen LogP contribution >= 0.6 is 11.8 Å². The highest BCUT2D eigenvalue weighted by molar-refractivity contribution is 7.99. The van der Waals surface area contributed by atoms with E-state index in [1.54, 1.807) is 4.90 Å². The van der Waals surface area contributed by atoms with Crippen molar-refractivity contribution in [3.63, 3.8) is 0 Å². The number of hydrogen-bond donors (Lipinski definition) is 1. The molecule has 0 aliphatic carbocycles. The predicted molar refractivity (Wildman–Crippen MR) is 93.2 cm³/mol. The molecule has 0 aromatic heterocycles. The van der Waals surface area contributed by atoms with Crippen LogP contribution < -0.4 is 5.32 Å². The van der Waals surface area contributed by atoms with E-state index < -0.39 is 5.60 Å². The summed E-state index contributed by atoms with van der Waals surface area (Å²) in [5.74, 6) is 2.23. The Kier molecular flexibility index (Phi) is 8.71. The van der Waals surface area contributed by atoms with Gasteiger partial charge in [-0.15, -0.1) is 0 Å². The Morgan fingerprint density at radius 2 is 1.81 bits per heavy atom. The topological polar surface area (TPSA) is 41.6 Å². The van der Waals surface area contributed by atoms with Crippen LogP contribution in [0.2, 0.25) is 0 Å². The number of ether oxygens (including phenoxy) is 1. The second kappa shape index (κ2) is 8.89. The zero-order chi connectivity index (χ0) is 16.7. The Balaban J connectivity index is 4.43. The number of amides is 1. The molecule has 1 amide bonds. The first-order valence-electron chi connectivity index (χ1n) is 7.79. The predicted octanol–water partition coefficient (Wildman–Crippen LogP) is 3.75. The Hall–Kier alpha value is -0.420. The third kappa shape index (κ3) is 10.0. The molecular formula is C16H34N2O2S. The molecule has 0 heterocycles. The lowest BCUT2D eigenvalue weighted by atomic mass is 10.1. The van der Waals surface area contributed by atoms with Crippen LogP contribution in [0.3, 0.4) is 0 Å². The van der Waals surface area contributed by atoms with E-state index in [-0.39, 0.29) is 11.6 Å². The SMILES string of the molecule is CCSCC(C)NCCN(C(=O)OC(C)(C)C)C(C)(C)C. The first-order chi connectivity index (χ1) is 9.47. The first kappa shape index (κ1) is 20.6. The highest BCUT2D eigenvalue weighted by atomic mass is 32.2. The standard InChI is InChI=1S/C16H34N2O2S/c1-9-21-12-13(2)17-10-11-18(15(3,4)5)14(19)20-16(6,7)8/h13,17H,9-12H2,1-8H3. The van der Waals surface area contributed by atoms with Gasteiger partial charge in [-0.1, -0.05) is 6.92 Å². The van der Waals surface area contributed by atoms with Gasteiger partial charge < -0.3 is 15.0 Å². The maximum absolute atomic E-state index is 12.3. The molecule has 4 nitrogen and oxygen atoms in total. The van der Waals surface area contributed by atoms with Crippen LogP contribution in [0.15, 0.2) is 0 Å². The van der Waals surface area contributed by atoms with E-state index in [0.29, 0.717) is 12.6 Å². The van der Waals surface area contributed by atoms with Crippen molar-refractivity contribution in [1.29, 1.82) is 0 Å². The molecule has 5 heteroatoms. The average Bonchev–Trinajstić information content (AvgIpc) is 2.27. The van der Waals surface area contributed by atoms with Gasteiger partial charge in [0.05, 0.1) is 0 Å². The fraction of sp³-hybridized carbons (Fsp3) is 0.938. The number of rotatable bonds is 7. The molecule has 0 fully saturated rings. The van der Waals surface area contributed by atoms with Gasteiger partial charge in [-0.3, -0.25) is 0 Å². The summed E-state index contributed by atoms with van der Waals surface area (Å²) >= 11 is 1.93. The van der Waals surface area contributed by atoms with E-state index in [2.05, 4.69) is 19.2 Å². The van der Waals surface area contributed by atoms with Gasteiger partial charge in [-0.2, -0.15) is 11.8 Å². The maximum Gasteiger partial charge on any atom is 0.410 e. The number of thioether (sulfide) groups is 1. The molecule has 0 saturated carbocycles. The zero-order valence-electron chi connectivity index (χ0n) is 15.1. The fourth-order valence-electron chi connectivity index (χ4n) is 1.79. The summed E-state index contributed by atoms with van der Waals surface area (Å²) in [6, 6.07) is 0.454. The largest absolute Gasteiger partial charge is 0.444 e. The van der Waals surface area contributed by atoms with Crippen LogP contribution in [0.25, 0.3) is 0 Å². The molecule has 1 N–H and O–H groups in total. The van der Waals surface area contributed by atoms with E-state index >= 15 is 0 Å². The monoisotopic (exact) mass is 318 g/mol. The van der Waals surface area contributed by atoms with Crippen molar-refractivity contribution in [3.05, 3.63) is 0 Å². The van der Waals surface area contributed by atoms with Crippen LogP contribution in [-0.2, 0) is 4.74 Å². The van der Waals surface area contributed by atoms with Crippen LogP contribution in [-0.4, -0.2) is 52.8 Å². The van der Waals surface area contributed by atoms with E-state index in [1.165, 1.54) is 0 Å². The summed E-state index contributed by atoms with van der Waals surface area (Å²) in [5.41, 5.74) is -0.704. The van der Waals surface area contributed by atoms with Crippen molar-refractivity contribution in [2.75, 3.05) is 24.6 Å². The molecule has 0 rings (SSSR count). The van der Waals surface area contributed by atoms with Crippen LogP contribution in [0.5, 0.6) is 0 Å². The van der Waals surface area contributed by atoms with Gasteiger partial charge in [0.15, 0.2) is 0 Å². The third-order valence-electron chi connectivity index (χ3n) is 2.82. The Bertz CT molecular complexity index is 308. The minimum absolute atomic E-state index is 0.243. The number of hydrogen-bond acceptors (Lipinski definition) is 4. The molecular weight excluding hydrogens is 284 g/mol. The minimum atomic E-state index is -0.459. The van der Waals surface area contributed by atoms with Crippen molar-refractivity contribution in [3.8, 4) is 0 Å². The van der Waals surface area contributed by atoms with Crippen molar-refractivity contribution >= 4 is 17.9 Å². The van der Waals surface area contributed by atoms with Gasteiger partial charge >= 0.3 is 6.09 Å². The highest BCUT2D eigenvalue weighted by Gasteiger charge is 2.30. The molecule has 0 bridgehead atoms. The molecule has 126 valence electrons. The van der Waals surface area contributed by atoms with Crippen molar-refractivity contribution in [2.45, 2.75) is 72.6 Å². The lowest BCUT2D eigenvalue weighted by Gasteiger charge is -2.37. The average molecular weight is 319 g/mol. The van der Waals surface area contributed by atoms with Crippen LogP contribution in [0, 0.1) is 0 Å². The number of nitrogens with one attached hydrogen (secondary N) is 1. The smallest absolute Gasteiger partial charge is 0.410 e. The minimum Gasteiger partial charge on any atom is -0.444 e. The molecule has 0 aromatic carbocycles. The lowest BCUT2D eigenvalue weighted by molar-refractivity contribution is 0.00653. The second-order valence-corrected chi connectivity index (χ2v) is 8.64. The number of nitrogens with zero attached hydrogens (tertiary/aromatic N) is 1. The number of carbonyl (C=O) groups excluding carboxylic acids is 1. The molecule has 1 atom stereocenters. The maximum atomic E-state index is 12.3. The molecule has 0 aliphatic rings.